The largest absolute Gasteiger partial charge is 0.341 e. The summed E-state index contributed by atoms with van der Waals surface area (Å²) in [6, 6.07) is 0.291. The zero-order valence-corrected chi connectivity index (χ0v) is 15.2. The highest BCUT2D eigenvalue weighted by molar-refractivity contribution is 5.87. The molecular weight excluding hydrogens is 316 g/mol. The number of aryl methyl sites for hydroxylation is 2. The summed E-state index contributed by atoms with van der Waals surface area (Å²) in [5, 5.41) is 7.81. The molecule has 0 radical (unpaired) electrons. The Hall–Kier alpha value is -2.64. The summed E-state index contributed by atoms with van der Waals surface area (Å²) in [6.07, 6.45) is 6.18. The summed E-state index contributed by atoms with van der Waals surface area (Å²) in [5.41, 5.74) is 3.53. The Bertz CT molecular complexity index is 901. The molecule has 0 aromatic carbocycles. The van der Waals surface area contributed by atoms with Gasteiger partial charge < -0.3 is 14.8 Å². The van der Waals surface area contributed by atoms with Gasteiger partial charge in [0.2, 0.25) is 5.95 Å². The molecule has 1 aliphatic rings. The molecule has 1 N–H and O–H groups in total. The molecule has 8 nitrogen and oxygen atoms in total. The molecule has 0 unspecified atom stereocenters. The molecule has 4 heterocycles. The summed E-state index contributed by atoms with van der Waals surface area (Å²) in [6.45, 7) is 8.27. The lowest BCUT2D eigenvalue weighted by molar-refractivity contribution is 0.612. The van der Waals surface area contributed by atoms with Crippen LogP contribution in [0.25, 0.3) is 11.2 Å². The minimum Gasteiger partial charge on any atom is -0.341 e. The molecule has 0 amide bonds. The van der Waals surface area contributed by atoms with Gasteiger partial charge in [0.05, 0.1) is 17.7 Å². The van der Waals surface area contributed by atoms with Crippen LogP contribution in [-0.2, 0) is 7.05 Å². The Morgan fingerprint density at radius 2 is 1.92 bits per heavy atom. The van der Waals surface area contributed by atoms with Crippen molar-refractivity contribution in [2.75, 3.05) is 23.3 Å². The average molecular weight is 340 g/mol. The van der Waals surface area contributed by atoms with E-state index in [0.29, 0.717) is 6.04 Å². The molecule has 8 heteroatoms. The van der Waals surface area contributed by atoms with Gasteiger partial charge in [-0.2, -0.15) is 15.1 Å². The van der Waals surface area contributed by atoms with Crippen molar-refractivity contribution in [1.29, 1.82) is 0 Å². The molecule has 1 fully saturated rings. The fourth-order valence-electron chi connectivity index (χ4n) is 3.28. The number of nitrogens with one attached hydrogen (secondary N) is 1. The molecule has 132 valence electrons. The molecule has 4 rings (SSSR count). The minimum atomic E-state index is 0.291. The number of hydrogen-bond acceptors (Lipinski definition) is 6. The molecule has 3 aromatic heterocycles. The maximum absolute atomic E-state index is 4.82. The lowest BCUT2D eigenvalue weighted by Gasteiger charge is -2.17. The van der Waals surface area contributed by atoms with E-state index in [1.165, 1.54) is 12.8 Å². The summed E-state index contributed by atoms with van der Waals surface area (Å²) < 4.78 is 3.89. The van der Waals surface area contributed by atoms with Gasteiger partial charge in [-0.05, 0) is 33.6 Å². The Morgan fingerprint density at radius 1 is 1.16 bits per heavy atom. The van der Waals surface area contributed by atoms with Crippen molar-refractivity contribution in [3.63, 3.8) is 0 Å². The van der Waals surface area contributed by atoms with Gasteiger partial charge in [-0.15, -0.1) is 0 Å². The van der Waals surface area contributed by atoms with E-state index >= 15 is 0 Å². The lowest BCUT2D eigenvalue weighted by Crippen LogP contribution is -2.21. The van der Waals surface area contributed by atoms with Crippen molar-refractivity contribution < 1.29 is 0 Å². The fraction of sp³-hybridized carbons (Fsp3) is 0.529. The first-order valence-corrected chi connectivity index (χ1v) is 8.79. The number of nitrogens with zero attached hydrogens (tertiary/aromatic N) is 7. The van der Waals surface area contributed by atoms with Crippen LogP contribution in [-0.4, -0.2) is 42.4 Å². The minimum absolute atomic E-state index is 0.291. The molecule has 0 aliphatic carbocycles. The third-order valence-electron chi connectivity index (χ3n) is 4.62. The smallest absolute Gasteiger partial charge is 0.229 e. The van der Waals surface area contributed by atoms with Crippen molar-refractivity contribution in [1.82, 2.24) is 29.3 Å². The van der Waals surface area contributed by atoms with Crippen molar-refractivity contribution in [3.05, 3.63) is 18.2 Å². The monoisotopic (exact) mass is 340 g/mol. The summed E-state index contributed by atoms with van der Waals surface area (Å²) in [5.74, 6) is 1.51. The van der Waals surface area contributed by atoms with Gasteiger partial charge in [0.1, 0.15) is 0 Å². The molecule has 1 saturated heterocycles. The van der Waals surface area contributed by atoms with Gasteiger partial charge in [0.15, 0.2) is 17.0 Å². The van der Waals surface area contributed by atoms with Gasteiger partial charge in [0.25, 0.3) is 0 Å². The lowest BCUT2D eigenvalue weighted by atomic mass is 10.3. The summed E-state index contributed by atoms with van der Waals surface area (Å²) in [7, 11) is 1.91. The SMILES string of the molecule is Cc1nn(C)cc1Nc1nc(N2CCCC2)nc2c1ncn2C(C)C. The number of hydrogen-bond donors (Lipinski definition) is 1. The Kier molecular flexibility index (Phi) is 3.82. The van der Waals surface area contributed by atoms with Gasteiger partial charge in [0, 0.05) is 32.4 Å². The second-order valence-electron chi connectivity index (χ2n) is 6.91. The van der Waals surface area contributed by atoms with Crippen LogP contribution in [0.15, 0.2) is 12.5 Å². The van der Waals surface area contributed by atoms with Crippen molar-refractivity contribution in [2.45, 2.75) is 39.7 Å². The maximum atomic E-state index is 4.82. The highest BCUT2D eigenvalue weighted by Gasteiger charge is 2.21. The standard InChI is InChI=1S/C17H24N8/c1-11(2)25-10-18-14-15(19-13-9-23(4)22-12(13)3)20-17(21-16(14)25)24-7-5-6-8-24/h9-11H,5-8H2,1-4H3,(H,19,20,21). The van der Waals surface area contributed by atoms with Gasteiger partial charge in [-0.3, -0.25) is 4.68 Å². The van der Waals surface area contributed by atoms with Gasteiger partial charge in [-0.25, -0.2) is 4.98 Å². The third kappa shape index (κ3) is 2.81. The normalized spacial score (nSPS) is 14.8. The molecule has 0 bridgehead atoms. The van der Waals surface area contributed by atoms with Crippen LogP contribution >= 0.6 is 0 Å². The molecule has 1 aliphatic heterocycles. The van der Waals surface area contributed by atoms with E-state index in [4.69, 9.17) is 9.97 Å². The molecular formula is C17H24N8. The van der Waals surface area contributed by atoms with Crippen molar-refractivity contribution in [2.24, 2.45) is 7.05 Å². The van der Waals surface area contributed by atoms with Crippen molar-refractivity contribution in [3.8, 4) is 0 Å². The van der Waals surface area contributed by atoms with E-state index in [1.807, 2.05) is 26.5 Å². The molecule has 0 atom stereocenters. The summed E-state index contributed by atoms with van der Waals surface area (Å²) in [4.78, 5) is 16.4. The molecule has 3 aromatic rings. The second-order valence-corrected chi connectivity index (χ2v) is 6.91. The zero-order chi connectivity index (χ0) is 17.6. The maximum Gasteiger partial charge on any atom is 0.229 e. The van der Waals surface area contributed by atoms with E-state index in [2.05, 4.69) is 38.7 Å². The quantitative estimate of drug-likeness (QED) is 0.787. The Labute approximate surface area is 146 Å². The number of rotatable bonds is 4. The van der Waals surface area contributed by atoms with Crippen LogP contribution in [0, 0.1) is 6.92 Å². The van der Waals surface area contributed by atoms with Crippen LogP contribution in [0.5, 0.6) is 0 Å². The number of imidazole rings is 1. The Balaban J connectivity index is 1.84. The first-order chi connectivity index (χ1) is 12.0. The summed E-state index contributed by atoms with van der Waals surface area (Å²) >= 11 is 0. The highest BCUT2D eigenvalue weighted by Crippen LogP contribution is 2.29. The van der Waals surface area contributed by atoms with Gasteiger partial charge in [-0.1, -0.05) is 0 Å². The van der Waals surface area contributed by atoms with Crippen LogP contribution in [0.1, 0.15) is 38.4 Å². The highest BCUT2D eigenvalue weighted by atomic mass is 15.3. The first-order valence-electron chi connectivity index (χ1n) is 8.79. The van der Waals surface area contributed by atoms with Crippen LogP contribution in [0.2, 0.25) is 0 Å². The second kappa shape index (κ2) is 6.02. The number of fused-ring (bicyclic) bond motifs is 1. The number of anilines is 3. The third-order valence-corrected chi connectivity index (χ3v) is 4.62. The van der Waals surface area contributed by atoms with E-state index in [1.54, 1.807) is 4.68 Å². The van der Waals surface area contributed by atoms with Crippen LogP contribution < -0.4 is 10.2 Å². The van der Waals surface area contributed by atoms with Crippen LogP contribution in [0.3, 0.4) is 0 Å². The first kappa shape index (κ1) is 15.9. The van der Waals surface area contributed by atoms with E-state index in [9.17, 15) is 0 Å². The molecule has 25 heavy (non-hydrogen) atoms. The zero-order valence-electron chi connectivity index (χ0n) is 15.2. The number of aromatic nitrogens is 6. The van der Waals surface area contributed by atoms with Crippen molar-refractivity contribution >= 4 is 28.6 Å². The predicted octanol–water partition coefficient (Wildman–Crippen LogP) is 2.79. The predicted molar refractivity (Wildman–Crippen MR) is 98.4 cm³/mol. The van der Waals surface area contributed by atoms with E-state index < -0.39 is 0 Å². The molecule has 0 saturated carbocycles. The average Bonchev–Trinajstić information content (AvgIpc) is 3.27. The molecule has 0 spiro atoms. The topological polar surface area (TPSA) is 76.7 Å². The Morgan fingerprint density at radius 3 is 2.56 bits per heavy atom. The van der Waals surface area contributed by atoms with E-state index in [0.717, 1.165) is 47.4 Å². The van der Waals surface area contributed by atoms with Crippen LogP contribution in [0.4, 0.5) is 17.5 Å². The fourth-order valence-corrected chi connectivity index (χ4v) is 3.28. The van der Waals surface area contributed by atoms with Gasteiger partial charge >= 0.3 is 0 Å². The van der Waals surface area contributed by atoms with E-state index in [-0.39, 0.29) is 0 Å².